The number of fused-ring (bicyclic) bond motifs is 5. The van der Waals surface area contributed by atoms with Crippen molar-refractivity contribution in [2.45, 2.75) is 196 Å². The van der Waals surface area contributed by atoms with Gasteiger partial charge in [-0.25, -0.2) is 8.78 Å². The molecule has 6 aliphatic rings. The van der Waals surface area contributed by atoms with Crippen LogP contribution in [0.15, 0.2) is 113 Å². The van der Waals surface area contributed by atoms with E-state index in [0.29, 0.717) is 48.7 Å². The fourth-order valence-corrected chi connectivity index (χ4v) is 10.7. The molecule has 0 spiro atoms. The van der Waals surface area contributed by atoms with Gasteiger partial charge in [0, 0.05) is 91.2 Å². The number of hydrogen-bond acceptors (Lipinski definition) is 8. The zero-order chi connectivity index (χ0) is 58.5. The Labute approximate surface area is 482 Å². The molecule has 0 radical (unpaired) electrons. The molecule has 1 saturated carbocycles. The summed E-state index contributed by atoms with van der Waals surface area (Å²) < 4.78 is 47.6. The summed E-state index contributed by atoms with van der Waals surface area (Å²) in [5, 5.41) is 5.63. The van der Waals surface area contributed by atoms with Crippen molar-refractivity contribution in [3.05, 3.63) is 143 Å². The summed E-state index contributed by atoms with van der Waals surface area (Å²) in [7, 11) is 0. The Kier molecular flexibility index (Phi) is 23.5. The van der Waals surface area contributed by atoms with Crippen LogP contribution in [-0.2, 0) is 17.7 Å². The number of furan rings is 2. The first-order valence-electron chi connectivity index (χ1n) is 30.3. The Balaban J connectivity index is 0.000000151. The van der Waals surface area contributed by atoms with Gasteiger partial charge >= 0.3 is 0 Å². The lowest BCUT2D eigenvalue weighted by Crippen LogP contribution is -2.41. The van der Waals surface area contributed by atoms with Crippen molar-refractivity contribution < 1.29 is 27.1 Å². The maximum absolute atomic E-state index is 12.9. The maximum Gasteiger partial charge on any atom is 0.255 e. The molecule has 0 amide bonds. The molecule has 2 aromatic heterocycles. The van der Waals surface area contributed by atoms with Gasteiger partial charge in [-0.3, -0.25) is 4.90 Å². The number of benzene rings is 4. The zero-order valence-electron chi connectivity index (χ0n) is 52.1. The highest BCUT2D eigenvalue weighted by Gasteiger charge is 2.69. The van der Waals surface area contributed by atoms with Gasteiger partial charge in [0.2, 0.25) is 0 Å². The monoisotopic (exact) mass is 1100 g/mol. The Morgan fingerprint density at radius 1 is 0.550 bits per heavy atom. The predicted octanol–water partition coefficient (Wildman–Crippen LogP) is 17.7. The number of nitrogens with zero attached hydrogens (tertiary/aromatic N) is 3. The molecule has 80 heavy (non-hydrogen) atoms. The minimum atomic E-state index is -2.33. The van der Waals surface area contributed by atoms with Crippen molar-refractivity contribution in [2.24, 2.45) is 11.8 Å². The lowest BCUT2D eigenvalue weighted by molar-refractivity contribution is -0.0205. The largest absolute Gasteiger partial charge is 0.493 e. The van der Waals surface area contributed by atoms with Gasteiger partial charge < -0.3 is 33.4 Å². The Morgan fingerprint density at radius 3 is 1.71 bits per heavy atom. The first kappa shape index (κ1) is 64.2. The number of piperidine rings is 1. The second-order valence-electron chi connectivity index (χ2n) is 25.5. The summed E-state index contributed by atoms with van der Waals surface area (Å²) in [6.07, 6.45) is 7.81. The van der Waals surface area contributed by atoms with Crippen LogP contribution in [0.25, 0.3) is 27.6 Å². The summed E-state index contributed by atoms with van der Waals surface area (Å²) in [4.78, 5) is 7.12. The van der Waals surface area contributed by atoms with Gasteiger partial charge in [-0.15, -0.1) is 0 Å². The number of ether oxygens (including phenoxy) is 2. The van der Waals surface area contributed by atoms with E-state index in [2.05, 4.69) is 204 Å². The number of likely N-dealkylation sites (tertiary alicyclic amines) is 2. The van der Waals surface area contributed by atoms with Gasteiger partial charge in [0.05, 0.1) is 24.7 Å². The summed E-state index contributed by atoms with van der Waals surface area (Å²) in [6.45, 7) is 48.1. The molecule has 440 valence electrons. The van der Waals surface area contributed by atoms with Crippen molar-refractivity contribution in [1.82, 2.24) is 20.0 Å². The molecule has 1 N–H and O–H groups in total. The molecule has 10 heteroatoms. The van der Waals surface area contributed by atoms with Crippen LogP contribution in [-0.4, -0.2) is 96.8 Å². The van der Waals surface area contributed by atoms with Gasteiger partial charge in [-0.1, -0.05) is 110 Å². The Bertz CT molecular complexity index is 2760. The first-order chi connectivity index (χ1) is 37.8. The van der Waals surface area contributed by atoms with E-state index in [1.54, 1.807) is 12.5 Å². The average molecular weight is 1100 g/mol. The van der Waals surface area contributed by atoms with Crippen LogP contribution in [0.4, 0.5) is 8.78 Å². The van der Waals surface area contributed by atoms with Crippen molar-refractivity contribution in [3.8, 4) is 5.75 Å². The maximum atomic E-state index is 12.9. The van der Waals surface area contributed by atoms with E-state index in [4.69, 9.17) is 18.3 Å². The molecule has 2 unspecified atom stereocenters. The Hall–Kier alpha value is -5.00. The van der Waals surface area contributed by atoms with E-state index in [1.165, 1.54) is 82.2 Å². The third-order valence-corrected chi connectivity index (χ3v) is 16.6. The van der Waals surface area contributed by atoms with Crippen LogP contribution in [0.1, 0.15) is 193 Å². The van der Waals surface area contributed by atoms with E-state index in [9.17, 15) is 8.78 Å². The van der Waals surface area contributed by atoms with Crippen LogP contribution >= 0.6 is 0 Å². The second kappa shape index (κ2) is 29.3. The molecule has 3 saturated heterocycles. The molecule has 12 rings (SSSR count). The first-order valence-corrected chi connectivity index (χ1v) is 30.3. The molecule has 4 fully saturated rings. The quantitative estimate of drug-likeness (QED) is 0.170. The molecule has 1 aliphatic carbocycles. The van der Waals surface area contributed by atoms with E-state index < -0.39 is 5.92 Å². The van der Waals surface area contributed by atoms with Crippen molar-refractivity contribution >= 4 is 27.6 Å². The van der Waals surface area contributed by atoms with Crippen LogP contribution in [0.5, 0.6) is 5.75 Å². The molecule has 8 nitrogen and oxygen atoms in total. The average Bonchev–Trinajstić information content (AvgIpc) is 4.25. The zero-order valence-corrected chi connectivity index (χ0v) is 52.1. The summed E-state index contributed by atoms with van der Waals surface area (Å²) in [5.41, 5.74) is 12.6. The fourth-order valence-electron chi connectivity index (χ4n) is 10.7. The van der Waals surface area contributed by atoms with Crippen molar-refractivity contribution in [3.63, 3.8) is 0 Å². The van der Waals surface area contributed by atoms with Crippen LogP contribution in [0.3, 0.4) is 0 Å². The van der Waals surface area contributed by atoms with Crippen LogP contribution in [0, 0.1) is 11.8 Å². The van der Waals surface area contributed by atoms with Gasteiger partial charge in [-0.2, -0.15) is 0 Å². The van der Waals surface area contributed by atoms with Gasteiger partial charge in [0.1, 0.15) is 16.9 Å². The lowest BCUT2D eigenvalue weighted by atomic mass is 9.98. The SMILES string of the molecule is C=C1NCc2cc(C(C)C)ccc21.CC(C)N1CCC1.CC(C)N1CCC2C(C1)C2(F)F.CC(C)N1CCCOC(C)(C)C1.CC(C)c1ccc2c(c1)OCC2.CC(C)c1ccc2ccoc2c1.CC(C)c1ccc2occc2c1. The van der Waals surface area contributed by atoms with Gasteiger partial charge in [0.15, 0.2) is 0 Å². The smallest absolute Gasteiger partial charge is 0.255 e. The van der Waals surface area contributed by atoms with E-state index in [1.807, 2.05) is 18.2 Å². The van der Waals surface area contributed by atoms with E-state index in [-0.39, 0.29) is 17.4 Å². The standard InChI is InChI=1S/C12H15N.C11H12O.C11H14O.C11H12O.C10H21NO.C9H15F2N.C6H13N/c1-8(2)10-4-5-12-9(3)13-7-11(12)6-10;1-8(2)9-3-4-11-10(7-9)5-6-12-11;2*1-8(2)10-4-3-9-5-6-12-11(9)7-10;1-9(2)11-6-5-7-12-10(3,4)8-11;1-6(2)12-4-3-7-8(5-12)9(7,10)11;1-6(2)7-4-3-5-7/h4-6,8,13H,3,7H2,1-2H3;3-8H,1-2H3;3-4,7-8H,5-6H2,1-2H3;3-8H,1-2H3;9H,5-8H2,1-4H3;6-8H,3-5H2,1-2H3;6H,3-5H2,1-2H3. The molecule has 0 bridgehead atoms. The molecule has 5 aliphatic heterocycles. The third-order valence-electron chi connectivity index (χ3n) is 16.6. The number of nitrogens with one attached hydrogen (secondary N) is 1. The van der Waals surface area contributed by atoms with Crippen molar-refractivity contribution in [2.75, 3.05) is 52.5 Å². The summed E-state index contributed by atoms with van der Waals surface area (Å²) in [5.74, 6) is 0.522. The number of alkyl halides is 2. The molecule has 4 aromatic carbocycles. The lowest BCUT2D eigenvalue weighted by Gasteiger charge is -2.34. The summed E-state index contributed by atoms with van der Waals surface area (Å²) in [6, 6.07) is 31.8. The normalized spacial score (nSPS) is 19.7. The van der Waals surface area contributed by atoms with Crippen LogP contribution < -0.4 is 10.1 Å². The number of hydrogen-bond donors (Lipinski definition) is 1. The van der Waals surface area contributed by atoms with E-state index >= 15 is 0 Å². The van der Waals surface area contributed by atoms with Gasteiger partial charge in [0.25, 0.3) is 5.92 Å². The van der Waals surface area contributed by atoms with Crippen LogP contribution in [0.2, 0.25) is 0 Å². The fraction of sp³-hybridized carbons (Fsp3) is 0.571. The predicted molar refractivity (Wildman–Crippen MR) is 333 cm³/mol. The highest BCUT2D eigenvalue weighted by Crippen LogP contribution is 2.59. The minimum Gasteiger partial charge on any atom is -0.493 e. The molecule has 7 heterocycles. The highest BCUT2D eigenvalue weighted by atomic mass is 19.3. The molecule has 2 atom stereocenters. The minimum absolute atomic E-state index is 0.0424. The molecular weight excluding hydrogens is 999 g/mol. The summed E-state index contributed by atoms with van der Waals surface area (Å²) >= 11 is 0. The highest BCUT2D eigenvalue weighted by molar-refractivity contribution is 5.78. The Morgan fingerprint density at radius 2 is 1.11 bits per heavy atom. The van der Waals surface area contributed by atoms with E-state index in [0.717, 1.165) is 67.9 Å². The van der Waals surface area contributed by atoms with Crippen molar-refractivity contribution in [1.29, 1.82) is 0 Å². The van der Waals surface area contributed by atoms with Gasteiger partial charge in [-0.05, 0) is 188 Å². The topological polar surface area (TPSA) is 66.5 Å². The molecular formula is C70H102F2N4O4. The number of rotatable bonds is 7. The molecule has 6 aromatic rings. The second-order valence-corrected chi connectivity index (χ2v) is 25.5. The third kappa shape index (κ3) is 18.2. The number of halogens is 2.